The van der Waals surface area contributed by atoms with Crippen molar-refractivity contribution in [2.45, 2.75) is 84.0 Å². The molecule has 2 rings (SSSR count). The molecule has 1 heterocycles. The number of hydrogen-bond donors (Lipinski definition) is 1. The smallest absolute Gasteiger partial charge is 0.0255 e. The van der Waals surface area contributed by atoms with Gasteiger partial charge >= 0.3 is 0 Å². The Morgan fingerprint density at radius 1 is 0.864 bits per heavy atom. The summed E-state index contributed by atoms with van der Waals surface area (Å²) in [5, 5.41) is 2.75. The predicted molar refractivity (Wildman–Crippen MR) is 98.6 cm³/mol. The second-order valence-corrected chi connectivity index (χ2v) is 6.81. The molecule has 0 radical (unpaired) electrons. The van der Waals surface area contributed by atoms with Crippen LogP contribution in [0.25, 0.3) is 10.8 Å². The molecule has 122 valence electrons. The lowest BCUT2D eigenvalue weighted by atomic mass is 9.96. The first-order chi connectivity index (χ1) is 10.8. The highest BCUT2D eigenvalue weighted by atomic mass is 14.7. The minimum Gasteiger partial charge on any atom is -0.364 e. The number of aromatic amines is 1. The van der Waals surface area contributed by atoms with Crippen molar-refractivity contribution < 1.29 is 0 Å². The molecule has 0 amide bonds. The van der Waals surface area contributed by atoms with Crippen LogP contribution in [0.15, 0.2) is 30.5 Å². The maximum Gasteiger partial charge on any atom is 0.0255 e. The number of unbranched alkanes of at least 4 members (excludes halogenated alkanes) is 8. The van der Waals surface area contributed by atoms with Crippen molar-refractivity contribution in [3.8, 4) is 0 Å². The average molecular weight is 300 g/mol. The van der Waals surface area contributed by atoms with Crippen LogP contribution in [0.3, 0.4) is 0 Å². The highest BCUT2D eigenvalue weighted by molar-refractivity contribution is 5.85. The van der Waals surface area contributed by atoms with Gasteiger partial charge in [-0.05, 0) is 17.7 Å². The molecule has 0 saturated heterocycles. The van der Waals surface area contributed by atoms with E-state index in [2.05, 4.69) is 49.3 Å². The van der Waals surface area contributed by atoms with E-state index in [-0.39, 0.29) is 0 Å². The molecule has 1 nitrogen and oxygen atoms in total. The second kappa shape index (κ2) is 9.71. The number of hydrogen-bond acceptors (Lipinski definition) is 0. The van der Waals surface area contributed by atoms with Crippen molar-refractivity contribution in [2.24, 2.45) is 0 Å². The van der Waals surface area contributed by atoms with E-state index in [1.165, 1.54) is 80.7 Å². The first kappa shape index (κ1) is 17.1. The van der Waals surface area contributed by atoms with Gasteiger partial charge in [0.15, 0.2) is 0 Å². The van der Waals surface area contributed by atoms with E-state index in [0.29, 0.717) is 5.92 Å². The molecule has 0 saturated carbocycles. The van der Waals surface area contributed by atoms with Crippen LogP contribution < -0.4 is 0 Å². The number of fused-ring (bicyclic) bond motifs is 1. The Morgan fingerprint density at radius 3 is 2.23 bits per heavy atom. The van der Waals surface area contributed by atoms with Gasteiger partial charge in [0.1, 0.15) is 0 Å². The van der Waals surface area contributed by atoms with E-state index in [1.807, 2.05) is 0 Å². The van der Waals surface area contributed by atoms with Gasteiger partial charge in [0, 0.05) is 17.3 Å². The quantitative estimate of drug-likeness (QED) is 0.422. The first-order valence-electron chi connectivity index (χ1n) is 9.39. The third-order valence-corrected chi connectivity index (χ3v) is 4.87. The number of aromatic nitrogens is 1. The van der Waals surface area contributed by atoms with Crippen LogP contribution in [0.5, 0.6) is 0 Å². The van der Waals surface area contributed by atoms with E-state index >= 15 is 0 Å². The standard InChI is InChI=1S/C21H33N/c1-3-4-5-6-7-8-9-10-11-14-18(2)21-20-16-13-12-15-19(20)17-22-21/h12-13,15-18,22H,3-11,14H2,1-2H3. The Balaban J connectivity index is 1.61. The molecule has 1 heteroatoms. The van der Waals surface area contributed by atoms with Crippen LogP contribution in [0.2, 0.25) is 0 Å². The molecule has 0 bridgehead atoms. The molecule has 1 N–H and O–H groups in total. The highest BCUT2D eigenvalue weighted by Gasteiger charge is 2.10. The monoisotopic (exact) mass is 299 g/mol. The van der Waals surface area contributed by atoms with Crippen molar-refractivity contribution in [2.75, 3.05) is 0 Å². The predicted octanol–water partition coefficient (Wildman–Crippen LogP) is 7.19. The third kappa shape index (κ3) is 5.19. The lowest BCUT2D eigenvalue weighted by Crippen LogP contribution is -1.94. The summed E-state index contributed by atoms with van der Waals surface area (Å²) in [5.74, 6) is 0.643. The van der Waals surface area contributed by atoms with Crippen molar-refractivity contribution in [1.82, 2.24) is 4.98 Å². The fraction of sp³-hybridized carbons (Fsp3) is 0.619. The number of rotatable bonds is 11. The Labute approximate surface area is 136 Å². The van der Waals surface area contributed by atoms with Gasteiger partial charge in [0.25, 0.3) is 0 Å². The zero-order valence-corrected chi connectivity index (χ0v) is 14.5. The zero-order chi connectivity index (χ0) is 15.6. The minimum absolute atomic E-state index is 0.643. The number of nitrogens with one attached hydrogen (secondary N) is 1. The van der Waals surface area contributed by atoms with Gasteiger partial charge in [-0.2, -0.15) is 0 Å². The fourth-order valence-electron chi connectivity index (χ4n) is 3.41. The van der Waals surface area contributed by atoms with E-state index in [4.69, 9.17) is 0 Å². The van der Waals surface area contributed by atoms with Crippen molar-refractivity contribution in [3.05, 3.63) is 36.2 Å². The Kier molecular flexibility index (Phi) is 7.56. The topological polar surface area (TPSA) is 15.8 Å². The lowest BCUT2D eigenvalue weighted by molar-refractivity contribution is 0.537. The molecule has 1 aromatic carbocycles. The van der Waals surface area contributed by atoms with Crippen LogP contribution in [0, 0.1) is 0 Å². The van der Waals surface area contributed by atoms with Gasteiger partial charge in [-0.3, -0.25) is 0 Å². The summed E-state index contributed by atoms with van der Waals surface area (Å²) in [4.78, 5) is 3.49. The molecule has 0 aliphatic rings. The number of H-pyrrole nitrogens is 1. The normalized spacial score (nSPS) is 12.8. The van der Waals surface area contributed by atoms with Gasteiger partial charge in [-0.15, -0.1) is 0 Å². The molecule has 0 aliphatic carbocycles. The summed E-state index contributed by atoms with van der Waals surface area (Å²) in [6.45, 7) is 4.65. The summed E-state index contributed by atoms with van der Waals surface area (Å²) in [6.07, 6.45) is 16.2. The second-order valence-electron chi connectivity index (χ2n) is 6.81. The van der Waals surface area contributed by atoms with Crippen LogP contribution in [0.1, 0.15) is 89.7 Å². The van der Waals surface area contributed by atoms with Crippen molar-refractivity contribution in [1.29, 1.82) is 0 Å². The molecule has 0 spiro atoms. The van der Waals surface area contributed by atoms with Gasteiger partial charge in [-0.25, -0.2) is 0 Å². The molecule has 0 aliphatic heterocycles. The number of benzene rings is 1. The summed E-state index contributed by atoms with van der Waals surface area (Å²) in [5.41, 5.74) is 1.43. The van der Waals surface area contributed by atoms with Gasteiger partial charge < -0.3 is 4.98 Å². The summed E-state index contributed by atoms with van der Waals surface area (Å²) < 4.78 is 0. The Hall–Kier alpha value is -1.24. The molecule has 1 aromatic heterocycles. The first-order valence-corrected chi connectivity index (χ1v) is 9.39. The van der Waals surface area contributed by atoms with Crippen LogP contribution in [-0.4, -0.2) is 4.98 Å². The average Bonchev–Trinajstić information content (AvgIpc) is 2.97. The van der Waals surface area contributed by atoms with E-state index < -0.39 is 0 Å². The molecule has 1 atom stereocenters. The Morgan fingerprint density at radius 2 is 1.50 bits per heavy atom. The maximum atomic E-state index is 3.49. The van der Waals surface area contributed by atoms with Crippen molar-refractivity contribution >= 4 is 10.8 Å². The summed E-state index contributed by atoms with van der Waals surface area (Å²) >= 11 is 0. The van der Waals surface area contributed by atoms with Crippen molar-refractivity contribution in [3.63, 3.8) is 0 Å². The van der Waals surface area contributed by atoms with E-state index in [9.17, 15) is 0 Å². The maximum absolute atomic E-state index is 3.49. The Bertz CT molecular complexity index is 525. The van der Waals surface area contributed by atoms with E-state index in [0.717, 1.165) is 0 Å². The van der Waals surface area contributed by atoms with Gasteiger partial charge in [0.05, 0.1) is 0 Å². The molecule has 2 aromatic rings. The molecule has 22 heavy (non-hydrogen) atoms. The molecular formula is C21H33N. The fourth-order valence-corrected chi connectivity index (χ4v) is 3.41. The van der Waals surface area contributed by atoms with Crippen LogP contribution in [-0.2, 0) is 0 Å². The third-order valence-electron chi connectivity index (χ3n) is 4.87. The van der Waals surface area contributed by atoms with Gasteiger partial charge in [0.2, 0.25) is 0 Å². The van der Waals surface area contributed by atoms with Crippen LogP contribution in [0.4, 0.5) is 0 Å². The molecule has 1 unspecified atom stereocenters. The largest absolute Gasteiger partial charge is 0.364 e. The van der Waals surface area contributed by atoms with E-state index in [1.54, 1.807) is 0 Å². The summed E-state index contributed by atoms with van der Waals surface area (Å²) in [6, 6.07) is 8.70. The minimum atomic E-state index is 0.643. The highest BCUT2D eigenvalue weighted by Crippen LogP contribution is 2.28. The zero-order valence-electron chi connectivity index (χ0n) is 14.5. The van der Waals surface area contributed by atoms with Crippen LogP contribution >= 0.6 is 0 Å². The molecular weight excluding hydrogens is 266 g/mol. The lowest BCUT2D eigenvalue weighted by Gasteiger charge is -2.10. The summed E-state index contributed by atoms with van der Waals surface area (Å²) in [7, 11) is 0. The molecule has 0 fully saturated rings. The van der Waals surface area contributed by atoms with Gasteiger partial charge in [-0.1, -0.05) is 95.9 Å². The SMILES string of the molecule is CCCCCCCCCCCC(C)c1[nH]cc2ccccc12.